The Kier molecular flexibility index (Phi) is 4.05. The molecule has 4 rings (SSSR count). The highest BCUT2D eigenvalue weighted by Gasteiger charge is 2.46. The third kappa shape index (κ3) is 2.58. The Hall–Kier alpha value is -3.33. The summed E-state index contributed by atoms with van der Waals surface area (Å²) < 4.78 is 0. The summed E-state index contributed by atoms with van der Waals surface area (Å²) in [5.41, 5.74) is 1.99. The molecule has 26 heavy (non-hydrogen) atoms. The molecule has 0 fully saturated rings. The molecule has 3 nitrogen and oxygen atoms in total. The predicted molar refractivity (Wildman–Crippen MR) is 98.5 cm³/mol. The summed E-state index contributed by atoms with van der Waals surface area (Å²) in [5, 5.41) is 0. The minimum atomic E-state index is -1.01. The van der Waals surface area contributed by atoms with E-state index in [4.69, 9.17) is 0 Å². The summed E-state index contributed by atoms with van der Waals surface area (Å²) in [6.45, 7) is 0. The first-order valence-electron chi connectivity index (χ1n) is 8.50. The van der Waals surface area contributed by atoms with E-state index in [2.05, 4.69) is 0 Å². The van der Waals surface area contributed by atoms with Gasteiger partial charge in [-0.15, -0.1) is 0 Å². The second kappa shape index (κ2) is 6.52. The Morgan fingerprint density at radius 2 is 1.12 bits per heavy atom. The highest BCUT2D eigenvalue weighted by molar-refractivity contribution is 6.29. The van der Waals surface area contributed by atoms with Gasteiger partial charge < -0.3 is 0 Å². The monoisotopic (exact) mass is 340 g/mol. The Balaban J connectivity index is 1.84. The standard InChI is InChI=1S/C23H16O3/c24-21(16-11-5-2-6-12-16)19(15-9-3-1-4-10-15)20-22(25)17-13-7-8-14-18(17)23(20)26/h1-14,19-20H. The SMILES string of the molecule is O=C1c2ccccc2C(=O)C1C(C(=O)c1ccccc1)c1ccccc1. The molecule has 0 saturated carbocycles. The van der Waals surface area contributed by atoms with Crippen LogP contribution in [-0.4, -0.2) is 17.3 Å². The first-order valence-corrected chi connectivity index (χ1v) is 8.50. The second-order valence-corrected chi connectivity index (χ2v) is 6.37. The fourth-order valence-corrected chi connectivity index (χ4v) is 3.61. The number of benzene rings is 3. The summed E-state index contributed by atoms with van der Waals surface area (Å²) in [5.74, 6) is -2.60. The number of fused-ring (bicyclic) bond motifs is 1. The van der Waals surface area contributed by atoms with Crippen LogP contribution in [-0.2, 0) is 0 Å². The fourth-order valence-electron chi connectivity index (χ4n) is 3.61. The van der Waals surface area contributed by atoms with Crippen LogP contribution in [0, 0.1) is 5.92 Å². The van der Waals surface area contributed by atoms with Gasteiger partial charge in [0, 0.05) is 16.7 Å². The van der Waals surface area contributed by atoms with Gasteiger partial charge in [0.1, 0.15) is 0 Å². The average molecular weight is 340 g/mol. The van der Waals surface area contributed by atoms with Gasteiger partial charge in [0.05, 0.1) is 11.8 Å². The van der Waals surface area contributed by atoms with Crippen LogP contribution in [0.15, 0.2) is 84.9 Å². The minimum absolute atomic E-state index is 0.212. The topological polar surface area (TPSA) is 51.2 Å². The number of Topliss-reactive ketones (excluding diaryl/α,β-unsaturated/α-hetero) is 3. The molecule has 0 saturated heterocycles. The highest BCUT2D eigenvalue weighted by Crippen LogP contribution is 2.38. The average Bonchev–Trinajstić information content (AvgIpc) is 2.95. The molecular formula is C23H16O3. The van der Waals surface area contributed by atoms with Gasteiger partial charge >= 0.3 is 0 Å². The lowest BCUT2D eigenvalue weighted by molar-refractivity contribution is 0.0757. The van der Waals surface area contributed by atoms with Crippen molar-refractivity contribution in [1.29, 1.82) is 0 Å². The zero-order chi connectivity index (χ0) is 18.1. The zero-order valence-corrected chi connectivity index (χ0v) is 14.0. The van der Waals surface area contributed by atoms with Gasteiger partial charge in [0.15, 0.2) is 17.3 Å². The molecule has 0 heterocycles. The lowest BCUT2D eigenvalue weighted by atomic mass is 9.78. The van der Waals surface area contributed by atoms with Crippen LogP contribution in [0.3, 0.4) is 0 Å². The molecule has 1 unspecified atom stereocenters. The van der Waals surface area contributed by atoms with Crippen molar-refractivity contribution >= 4 is 17.3 Å². The molecule has 1 atom stereocenters. The number of ketones is 3. The van der Waals surface area contributed by atoms with Crippen molar-refractivity contribution in [3.63, 3.8) is 0 Å². The number of carbonyl (C=O) groups is 3. The van der Waals surface area contributed by atoms with E-state index in [0.29, 0.717) is 22.3 Å². The lowest BCUT2D eigenvalue weighted by Gasteiger charge is -2.21. The van der Waals surface area contributed by atoms with Crippen molar-refractivity contribution in [2.75, 3.05) is 0 Å². The first-order chi connectivity index (χ1) is 12.7. The van der Waals surface area contributed by atoms with Crippen LogP contribution >= 0.6 is 0 Å². The smallest absolute Gasteiger partial charge is 0.175 e. The molecule has 3 aromatic carbocycles. The molecule has 1 aliphatic carbocycles. The van der Waals surface area contributed by atoms with Gasteiger partial charge in [-0.2, -0.15) is 0 Å². The summed E-state index contributed by atoms with van der Waals surface area (Å²) in [6, 6.07) is 24.7. The first kappa shape index (κ1) is 16.2. The number of hydrogen-bond acceptors (Lipinski definition) is 3. The van der Waals surface area contributed by atoms with Crippen molar-refractivity contribution in [2.45, 2.75) is 5.92 Å². The van der Waals surface area contributed by atoms with Crippen LogP contribution in [0.5, 0.6) is 0 Å². The third-order valence-corrected chi connectivity index (χ3v) is 4.86. The maximum atomic E-state index is 13.3. The van der Waals surface area contributed by atoms with Gasteiger partial charge in [-0.3, -0.25) is 14.4 Å². The number of rotatable bonds is 4. The molecule has 0 N–H and O–H groups in total. The predicted octanol–water partition coefficient (Wildman–Crippen LogP) is 4.35. The second-order valence-electron chi connectivity index (χ2n) is 6.37. The highest BCUT2D eigenvalue weighted by atomic mass is 16.2. The Morgan fingerprint density at radius 3 is 1.65 bits per heavy atom. The van der Waals surface area contributed by atoms with Crippen molar-refractivity contribution in [2.24, 2.45) is 5.92 Å². The fraction of sp³-hybridized carbons (Fsp3) is 0.0870. The molecule has 0 bridgehead atoms. The van der Waals surface area contributed by atoms with Crippen molar-refractivity contribution in [1.82, 2.24) is 0 Å². The summed E-state index contributed by atoms with van der Waals surface area (Å²) in [7, 11) is 0. The van der Waals surface area contributed by atoms with E-state index >= 15 is 0 Å². The van der Waals surface area contributed by atoms with Crippen LogP contribution in [0.2, 0.25) is 0 Å². The van der Waals surface area contributed by atoms with E-state index in [1.54, 1.807) is 60.7 Å². The molecule has 3 heteroatoms. The van der Waals surface area contributed by atoms with E-state index in [1.807, 2.05) is 24.3 Å². The Bertz CT molecular complexity index is 955. The molecule has 126 valence electrons. The molecule has 0 spiro atoms. The normalized spacial score (nSPS) is 14.9. The van der Waals surface area contributed by atoms with Crippen LogP contribution < -0.4 is 0 Å². The van der Waals surface area contributed by atoms with Gasteiger partial charge in [0.2, 0.25) is 0 Å². The summed E-state index contributed by atoms with van der Waals surface area (Å²) >= 11 is 0. The minimum Gasteiger partial charge on any atom is -0.293 e. The molecule has 0 radical (unpaired) electrons. The molecule has 3 aromatic rings. The molecule has 0 amide bonds. The molecular weight excluding hydrogens is 324 g/mol. The van der Waals surface area contributed by atoms with Crippen LogP contribution in [0.1, 0.15) is 42.6 Å². The van der Waals surface area contributed by atoms with Gasteiger partial charge in [-0.1, -0.05) is 84.9 Å². The number of carbonyl (C=O) groups excluding carboxylic acids is 3. The quantitative estimate of drug-likeness (QED) is 0.524. The van der Waals surface area contributed by atoms with E-state index in [9.17, 15) is 14.4 Å². The molecule has 1 aliphatic rings. The summed E-state index contributed by atoms with van der Waals surface area (Å²) in [4.78, 5) is 39.2. The molecule has 0 aliphatic heterocycles. The van der Waals surface area contributed by atoms with Crippen molar-refractivity contribution in [3.8, 4) is 0 Å². The van der Waals surface area contributed by atoms with Crippen LogP contribution in [0.25, 0.3) is 0 Å². The van der Waals surface area contributed by atoms with Gasteiger partial charge in [-0.25, -0.2) is 0 Å². The Morgan fingerprint density at radius 1 is 0.654 bits per heavy atom. The van der Waals surface area contributed by atoms with E-state index in [-0.39, 0.29) is 17.3 Å². The van der Waals surface area contributed by atoms with Gasteiger partial charge in [-0.05, 0) is 5.56 Å². The maximum Gasteiger partial charge on any atom is 0.175 e. The maximum absolute atomic E-state index is 13.3. The summed E-state index contributed by atoms with van der Waals surface area (Å²) in [6.07, 6.45) is 0. The zero-order valence-electron chi connectivity index (χ0n) is 14.0. The van der Waals surface area contributed by atoms with Crippen molar-refractivity contribution in [3.05, 3.63) is 107 Å². The van der Waals surface area contributed by atoms with Crippen LogP contribution in [0.4, 0.5) is 0 Å². The van der Waals surface area contributed by atoms with Crippen molar-refractivity contribution < 1.29 is 14.4 Å². The van der Waals surface area contributed by atoms with E-state index in [0.717, 1.165) is 0 Å². The Labute approximate surface area is 151 Å². The van der Waals surface area contributed by atoms with Gasteiger partial charge in [0.25, 0.3) is 0 Å². The number of hydrogen-bond donors (Lipinski definition) is 0. The van der Waals surface area contributed by atoms with E-state index in [1.165, 1.54) is 0 Å². The lowest BCUT2D eigenvalue weighted by Crippen LogP contribution is -2.30. The molecule has 0 aromatic heterocycles. The van der Waals surface area contributed by atoms with E-state index < -0.39 is 11.8 Å². The third-order valence-electron chi connectivity index (χ3n) is 4.86. The largest absolute Gasteiger partial charge is 0.293 e.